The summed E-state index contributed by atoms with van der Waals surface area (Å²) in [7, 11) is 0. The molecule has 0 atom stereocenters. The van der Waals surface area contributed by atoms with Crippen molar-refractivity contribution in [2.24, 2.45) is 0 Å². The first-order valence-corrected chi connectivity index (χ1v) is 8.22. The second kappa shape index (κ2) is 9.72. The summed E-state index contributed by atoms with van der Waals surface area (Å²) in [5.41, 5.74) is -0.275. The van der Waals surface area contributed by atoms with Crippen LogP contribution in [0.25, 0.3) is 0 Å². The van der Waals surface area contributed by atoms with E-state index in [9.17, 15) is 18.4 Å². The number of carbonyl (C=O) groups is 2. The molecule has 0 bridgehead atoms. The molecule has 2 N–H and O–H groups in total. The third-order valence-corrected chi connectivity index (χ3v) is 3.57. The molecule has 2 rings (SSSR count). The number of ether oxygens (including phenoxy) is 1. The highest BCUT2D eigenvalue weighted by atomic mass is 35.5. The van der Waals surface area contributed by atoms with Crippen molar-refractivity contribution in [3.8, 4) is 5.75 Å². The van der Waals surface area contributed by atoms with Gasteiger partial charge in [-0.1, -0.05) is 11.6 Å². The van der Waals surface area contributed by atoms with Crippen molar-refractivity contribution in [3.63, 3.8) is 0 Å². The molecule has 0 spiro atoms. The summed E-state index contributed by atoms with van der Waals surface area (Å²) in [5, 5.41) is 5.64. The van der Waals surface area contributed by atoms with E-state index in [1.165, 1.54) is 0 Å². The Kier molecular flexibility index (Phi) is 7.35. The van der Waals surface area contributed by atoms with Crippen molar-refractivity contribution in [2.45, 2.75) is 6.42 Å². The van der Waals surface area contributed by atoms with Gasteiger partial charge in [-0.2, -0.15) is 0 Å². The molecule has 0 aliphatic carbocycles. The Morgan fingerprint density at radius 2 is 1.73 bits per heavy atom. The SMILES string of the molecule is O=C(CCNC(=O)c1ccc(F)cc1F)NCCOc1ccc(Cl)cc1. The van der Waals surface area contributed by atoms with E-state index in [1.54, 1.807) is 24.3 Å². The van der Waals surface area contributed by atoms with Crippen LogP contribution in [0.4, 0.5) is 8.78 Å². The molecule has 0 aliphatic heterocycles. The van der Waals surface area contributed by atoms with Crippen molar-refractivity contribution in [3.05, 3.63) is 64.7 Å². The quantitative estimate of drug-likeness (QED) is 0.690. The van der Waals surface area contributed by atoms with Gasteiger partial charge in [0, 0.05) is 24.1 Å². The maximum atomic E-state index is 13.5. The van der Waals surface area contributed by atoms with E-state index in [1.807, 2.05) is 0 Å². The zero-order valence-electron chi connectivity index (χ0n) is 13.7. The monoisotopic (exact) mass is 382 g/mol. The molecule has 0 aliphatic rings. The van der Waals surface area contributed by atoms with Crippen molar-refractivity contribution < 1.29 is 23.1 Å². The first kappa shape index (κ1) is 19.7. The fourth-order valence-corrected chi connectivity index (χ4v) is 2.16. The lowest BCUT2D eigenvalue weighted by Crippen LogP contribution is -2.33. The van der Waals surface area contributed by atoms with Crippen molar-refractivity contribution >= 4 is 23.4 Å². The molecule has 2 amide bonds. The molecule has 0 aromatic heterocycles. The average Bonchev–Trinajstić information content (AvgIpc) is 2.60. The van der Waals surface area contributed by atoms with Gasteiger partial charge in [0.05, 0.1) is 12.1 Å². The molecule has 2 aromatic rings. The molecule has 0 saturated carbocycles. The number of carbonyl (C=O) groups excluding carboxylic acids is 2. The molecule has 8 heteroatoms. The van der Waals surface area contributed by atoms with Gasteiger partial charge in [0.25, 0.3) is 5.91 Å². The lowest BCUT2D eigenvalue weighted by Gasteiger charge is -2.09. The van der Waals surface area contributed by atoms with E-state index in [0.717, 1.165) is 12.1 Å². The summed E-state index contributed by atoms with van der Waals surface area (Å²) in [6, 6.07) is 9.49. The van der Waals surface area contributed by atoms with Crippen LogP contribution in [0.15, 0.2) is 42.5 Å². The van der Waals surface area contributed by atoms with Crippen LogP contribution in [0, 0.1) is 11.6 Å². The maximum Gasteiger partial charge on any atom is 0.254 e. The van der Waals surface area contributed by atoms with Crippen LogP contribution in [0.2, 0.25) is 5.02 Å². The van der Waals surface area contributed by atoms with Crippen molar-refractivity contribution in [2.75, 3.05) is 19.7 Å². The highest BCUT2D eigenvalue weighted by Gasteiger charge is 2.12. The Labute approximate surface area is 154 Å². The van der Waals surface area contributed by atoms with Gasteiger partial charge in [0.15, 0.2) is 0 Å². The molecule has 0 heterocycles. The zero-order valence-corrected chi connectivity index (χ0v) is 14.5. The number of halogens is 3. The van der Waals surface area contributed by atoms with E-state index in [0.29, 0.717) is 23.4 Å². The highest BCUT2D eigenvalue weighted by molar-refractivity contribution is 6.30. The van der Waals surface area contributed by atoms with Crippen LogP contribution < -0.4 is 15.4 Å². The van der Waals surface area contributed by atoms with Gasteiger partial charge in [-0.15, -0.1) is 0 Å². The number of benzene rings is 2. The minimum absolute atomic E-state index is 0.0233. The predicted octanol–water partition coefficient (Wildman–Crippen LogP) is 2.93. The summed E-state index contributed by atoms with van der Waals surface area (Å²) in [6.07, 6.45) is 0.0233. The normalized spacial score (nSPS) is 10.3. The summed E-state index contributed by atoms with van der Waals surface area (Å²) in [6.45, 7) is 0.599. The van der Waals surface area contributed by atoms with Gasteiger partial charge in [-0.05, 0) is 36.4 Å². The fraction of sp³-hybridized carbons (Fsp3) is 0.222. The Bertz CT molecular complexity index is 770. The second-order valence-electron chi connectivity index (χ2n) is 5.28. The standard InChI is InChI=1S/C18H17ClF2N2O3/c19-12-1-4-14(5-2-12)26-10-9-22-17(24)7-8-23-18(25)15-6-3-13(20)11-16(15)21/h1-6,11H,7-10H2,(H,22,24)(H,23,25). The number of hydrogen-bond donors (Lipinski definition) is 2. The van der Waals surface area contributed by atoms with Gasteiger partial charge < -0.3 is 15.4 Å². The third-order valence-electron chi connectivity index (χ3n) is 3.32. The Morgan fingerprint density at radius 1 is 1.00 bits per heavy atom. The number of rotatable bonds is 8. The summed E-state index contributed by atoms with van der Waals surface area (Å²) in [5.74, 6) is -2.08. The summed E-state index contributed by atoms with van der Waals surface area (Å²) < 4.78 is 31.7. The van der Waals surface area contributed by atoms with Crippen LogP contribution in [-0.2, 0) is 4.79 Å². The molecule has 0 fully saturated rings. The van der Waals surface area contributed by atoms with Gasteiger partial charge in [0.2, 0.25) is 5.91 Å². The number of nitrogens with one attached hydrogen (secondary N) is 2. The van der Waals surface area contributed by atoms with Gasteiger partial charge in [-0.3, -0.25) is 9.59 Å². The smallest absolute Gasteiger partial charge is 0.254 e. The Morgan fingerprint density at radius 3 is 2.42 bits per heavy atom. The van der Waals surface area contributed by atoms with Crippen LogP contribution in [0.3, 0.4) is 0 Å². The molecule has 5 nitrogen and oxygen atoms in total. The molecule has 0 saturated heterocycles. The van der Waals surface area contributed by atoms with Crippen molar-refractivity contribution in [1.82, 2.24) is 10.6 Å². The molecule has 138 valence electrons. The molecule has 0 unspecified atom stereocenters. The third kappa shape index (κ3) is 6.33. The molecular weight excluding hydrogens is 366 g/mol. The van der Waals surface area contributed by atoms with Gasteiger partial charge in [0.1, 0.15) is 24.0 Å². The minimum atomic E-state index is -0.953. The topological polar surface area (TPSA) is 67.4 Å². The average molecular weight is 383 g/mol. The van der Waals surface area contributed by atoms with Crippen molar-refractivity contribution in [1.29, 1.82) is 0 Å². The van der Waals surface area contributed by atoms with E-state index in [4.69, 9.17) is 16.3 Å². The molecule has 26 heavy (non-hydrogen) atoms. The number of hydrogen-bond acceptors (Lipinski definition) is 3. The summed E-state index contributed by atoms with van der Waals surface area (Å²) >= 11 is 5.76. The van der Waals surface area contributed by atoms with E-state index >= 15 is 0 Å². The second-order valence-corrected chi connectivity index (χ2v) is 5.72. The number of amides is 2. The predicted molar refractivity (Wildman–Crippen MR) is 93.3 cm³/mol. The fourth-order valence-electron chi connectivity index (χ4n) is 2.04. The Hall–Kier alpha value is -2.67. The van der Waals surface area contributed by atoms with Gasteiger partial charge >= 0.3 is 0 Å². The molecule has 2 aromatic carbocycles. The van der Waals surface area contributed by atoms with Gasteiger partial charge in [-0.25, -0.2) is 8.78 Å². The van der Waals surface area contributed by atoms with Crippen LogP contribution in [-0.4, -0.2) is 31.5 Å². The first-order valence-electron chi connectivity index (χ1n) is 7.84. The molecule has 0 radical (unpaired) electrons. The van der Waals surface area contributed by atoms with E-state index in [2.05, 4.69) is 10.6 Å². The highest BCUT2D eigenvalue weighted by Crippen LogP contribution is 2.15. The van der Waals surface area contributed by atoms with Crippen LogP contribution in [0.5, 0.6) is 5.75 Å². The maximum absolute atomic E-state index is 13.5. The zero-order chi connectivity index (χ0) is 18.9. The Balaban J connectivity index is 1.62. The van der Waals surface area contributed by atoms with E-state index in [-0.39, 0.29) is 31.0 Å². The minimum Gasteiger partial charge on any atom is -0.492 e. The summed E-state index contributed by atoms with van der Waals surface area (Å²) in [4.78, 5) is 23.4. The van der Waals surface area contributed by atoms with E-state index < -0.39 is 17.5 Å². The first-order chi connectivity index (χ1) is 12.5. The largest absolute Gasteiger partial charge is 0.492 e. The molecular formula is C18H17ClF2N2O3. The van der Waals surface area contributed by atoms with Crippen LogP contribution in [0.1, 0.15) is 16.8 Å². The lowest BCUT2D eigenvalue weighted by molar-refractivity contribution is -0.121. The lowest BCUT2D eigenvalue weighted by atomic mass is 10.2. The van der Waals surface area contributed by atoms with Crippen LogP contribution >= 0.6 is 11.6 Å².